The minimum Gasteiger partial charge on any atom is -0.395 e. The summed E-state index contributed by atoms with van der Waals surface area (Å²) in [7, 11) is 0. The van der Waals surface area contributed by atoms with Gasteiger partial charge < -0.3 is 20.6 Å². The second kappa shape index (κ2) is 2.67. The van der Waals surface area contributed by atoms with Gasteiger partial charge in [0.2, 0.25) is 5.85 Å². The highest BCUT2D eigenvalue weighted by atomic mass is 19.2. The van der Waals surface area contributed by atoms with E-state index in [1.165, 1.54) is 6.92 Å². The van der Waals surface area contributed by atoms with E-state index in [0.29, 0.717) is 0 Å². The summed E-state index contributed by atoms with van der Waals surface area (Å²) < 4.78 is 13.0. The molecular weight excluding hydrogens is 153 g/mol. The lowest BCUT2D eigenvalue weighted by Crippen LogP contribution is -2.43. The molecule has 4 nitrogen and oxygen atoms in total. The quantitative estimate of drug-likeness (QED) is 0.376. The molecule has 0 amide bonds. The smallest absolute Gasteiger partial charge is 0.249 e. The van der Waals surface area contributed by atoms with E-state index in [1.54, 1.807) is 0 Å². The molecule has 11 heavy (non-hydrogen) atoms. The first-order chi connectivity index (χ1) is 5.00. The van der Waals surface area contributed by atoms with E-state index in [9.17, 15) is 4.39 Å². The average Bonchev–Trinajstić information content (AvgIpc) is 2.14. The van der Waals surface area contributed by atoms with Crippen LogP contribution in [0.3, 0.4) is 0 Å². The topological polar surface area (TPSA) is 72.7 Å². The Labute approximate surface area is 63.7 Å². The summed E-state index contributed by atoms with van der Waals surface area (Å²) in [6.45, 7) is 1.01. The van der Waals surface area contributed by atoms with Crippen LogP contribution in [-0.2, 0) is 0 Å². The highest BCUT2D eigenvalue weighted by molar-refractivity contribution is 5.01. The lowest BCUT2D eigenvalue weighted by molar-refractivity contribution is -0.161. The molecule has 1 saturated heterocycles. The van der Waals surface area contributed by atoms with Gasteiger partial charge in [0.25, 0.3) is 0 Å². The SMILES string of the molecule is C[C@@H]1N[C@H](CO)[C@@H](O)[C@]1(O)F. The standard InChI is InChI=1S/C6H12FNO3/c1-3-6(7,11)5(10)4(2-9)8-3/h3-5,8-11H,2H2,1H3/t3-,4+,5+,6-/m0/s1. The maximum Gasteiger partial charge on any atom is 0.249 e. The normalized spacial score (nSPS) is 51.5. The maximum absolute atomic E-state index is 13.0. The monoisotopic (exact) mass is 165 g/mol. The lowest BCUT2D eigenvalue weighted by Gasteiger charge is -2.20. The van der Waals surface area contributed by atoms with Crippen molar-refractivity contribution >= 4 is 0 Å². The number of aliphatic hydroxyl groups is 3. The molecule has 0 radical (unpaired) electrons. The molecule has 0 aromatic carbocycles. The van der Waals surface area contributed by atoms with Gasteiger partial charge in [-0.25, -0.2) is 4.39 Å². The van der Waals surface area contributed by atoms with Crippen LogP contribution in [0, 0.1) is 0 Å². The molecule has 0 saturated carbocycles. The van der Waals surface area contributed by atoms with E-state index < -0.39 is 30.6 Å². The van der Waals surface area contributed by atoms with Crippen molar-refractivity contribution in [1.82, 2.24) is 5.32 Å². The molecule has 1 aliphatic rings. The third-order valence-corrected chi connectivity index (χ3v) is 2.06. The zero-order valence-electron chi connectivity index (χ0n) is 6.16. The summed E-state index contributed by atoms with van der Waals surface area (Å²) in [6.07, 6.45) is -1.55. The third kappa shape index (κ3) is 1.24. The second-order valence-electron chi connectivity index (χ2n) is 2.85. The van der Waals surface area contributed by atoms with Gasteiger partial charge >= 0.3 is 0 Å². The summed E-state index contributed by atoms with van der Waals surface area (Å²) in [5.74, 6) is -2.63. The Morgan fingerprint density at radius 1 is 1.64 bits per heavy atom. The Bertz CT molecular complexity index is 153. The van der Waals surface area contributed by atoms with Crippen LogP contribution in [0.1, 0.15) is 6.92 Å². The summed E-state index contributed by atoms with van der Waals surface area (Å²) >= 11 is 0. The first-order valence-electron chi connectivity index (χ1n) is 3.46. The van der Waals surface area contributed by atoms with E-state index >= 15 is 0 Å². The molecule has 4 N–H and O–H groups in total. The molecule has 0 aromatic heterocycles. The largest absolute Gasteiger partial charge is 0.395 e. The van der Waals surface area contributed by atoms with E-state index in [1.807, 2.05) is 0 Å². The minimum atomic E-state index is -2.63. The molecule has 66 valence electrons. The molecule has 1 aliphatic heterocycles. The van der Waals surface area contributed by atoms with Crippen LogP contribution in [-0.4, -0.2) is 46.0 Å². The Balaban J connectivity index is 2.71. The van der Waals surface area contributed by atoms with Gasteiger partial charge in [0.15, 0.2) is 0 Å². The van der Waals surface area contributed by atoms with Crippen LogP contribution < -0.4 is 5.32 Å². The van der Waals surface area contributed by atoms with Crippen LogP contribution in [0.25, 0.3) is 0 Å². The van der Waals surface area contributed by atoms with Crippen molar-refractivity contribution < 1.29 is 19.7 Å². The summed E-state index contributed by atoms with van der Waals surface area (Å²) in [5.41, 5.74) is 0. The van der Waals surface area contributed by atoms with Gasteiger partial charge in [0, 0.05) is 0 Å². The van der Waals surface area contributed by atoms with Gasteiger partial charge in [-0.1, -0.05) is 0 Å². The molecule has 0 spiro atoms. The van der Waals surface area contributed by atoms with Gasteiger partial charge in [-0.05, 0) is 6.92 Å². The first-order valence-corrected chi connectivity index (χ1v) is 3.46. The average molecular weight is 165 g/mol. The molecule has 1 heterocycles. The number of alkyl halides is 1. The van der Waals surface area contributed by atoms with Crippen molar-refractivity contribution in [1.29, 1.82) is 0 Å². The summed E-state index contributed by atoms with van der Waals surface area (Å²) in [4.78, 5) is 0. The number of halogens is 1. The van der Waals surface area contributed by atoms with Crippen molar-refractivity contribution in [2.75, 3.05) is 6.61 Å². The molecular formula is C6H12FNO3. The Morgan fingerprint density at radius 3 is 2.36 bits per heavy atom. The highest BCUT2D eigenvalue weighted by Gasteiger charge is 2.52. The maximum atomic E-state index is 13.0. The molecule has 0 aromatic rings. The fourth-order valence-corrected chi connectivity index (χ4v) is 1.22. The molecule has 0 bridgehead atoms. The number of rotatable bonds is 1. The molecule has 5 heteroatoms. The predicted molar refractivity (Wildman–Crippen MR) is 35.5 cm³/mol. The molecule has 0 aliphatic carbocycles. The lowest BCUT2D eigenvalue weighted by atomic mass is 10.1. The van der Waals surface area contributed by atoms with Crippen LogP contribution in [0.5, 0.6) is 0 Å². The van der Waals surface area contributed by atoms with Gasteiger partial charge in [0.05, 0.1) is 18.7 Å². The predicted octanol–water partition coefficient (Wildman–Crippen LogP) is -1.64. The number of hydrogen-bond donors (Lipinski definition) is 4. The van der Waals surface area contributed by atoms with Gasteiger partial charge in [-0.2, -0.15) is 0 Å². The van der Waals surface area contributed by atoms with E-state index in [0.717, 1.165) is 0 Å². The molecule has 1 rings (SSSR count). The number of nitrogens with one attached hydrogen (secondary N) is 1. The van der Waals surface area contributed by atoms with Gasteiger partial charge in [-0.3, -0.25) is 0 Å². The van der Waals surface area contributed by atoms with E-state index in [-0.39, 0.29) is 0 Å². The third-order valence-electron chi connectivity index (χ3n) is 2.06. The zero-order valence-corrected chi connectivity index (χ0v) is 6.16. The van der Waals surface area contributed by atoms with E-state index in [2.05, 4.69) is 5.32 Å². The zero-order chi connectivity index (χ0) is 8.65. The Kier molecular flexibility index (Phi) is 2.15. The van der Waals surface area contributed by atoms with Crippen molar-refractivity contribution in [2.45, 2.75) is 31.0 Å². The summed E-state index contributed by atoms with van der Waals surface area (Å²) in [5, 5.41) is 29.1. The first kappa shape index (κ1) is 8.86. The second-order valence-corrected chi connectivity index (χ2v) is 2.85. The summed E-state index contributed by atoms with van der Waals surface area (Å²) in [6, 6.07) is -1.63. The van der Waals surface area contributed by atoms with Crippen molar-refractivity contribution in [3.05, 3.63) is 0 Å². The van der Waals surface area contributed by atoms with Crippen LogP contribution in [0.15, 0.2) is 0 Å². The molecule has 0 unspecified atom stereocenters. The van der Waals surface area contributed by atoms with Crippen molar-refractivity contribution in [3.8, 4) is 0 Å². The fourth-order valence-electron chi connectivity index (χ4n) is 1.22. The van der Waals surface area contributed by atoms with Crippen LogP contribution >= 0.6 is 0 Å². The van der Waals surface area contributed by atoms with Crippen molar-refractivity contribution in [3.63, 3.8) is 0 Å². The van der Waals surface area contributed by atoms with Crippen LogP contribution in [0.4, 0.5) is 4.39 Å². The molecule has 1 fully saturated rings. The number of hydrogen-bond acceptors (Lipinski definition) is 4. The fraction of sp³-hybridized carbons (Fsp3) is 1.00. The Hall–Kier alpha value is -0.230. The number of aliphatic hydroxyl groups excluding tert-OH is 2. The van der Waals surface area contributed by atoms with Gasteiger partial charge in [0.1, 0.15) is 6.10 Å². The minimum absolute atomic E-state index is 0.391. The van der Waals surface area contributed by atoms with Crippen LogP contribution in [0.2, 0.25) is 0 Å². The van der Waals surface area contributed by atoms with Crippen molar-refractivity contribution in [2.24, 2.45) is 0 Å². The van der Waals surface area contributed by atoms with E-state index in [4.69, 9.17) is 15.3 Å². The van der Waals surface area contributed by atoms with Gasteiger partial charge in [-0.15, -0.1) is 0 Å². The highest BCUT2D eigenvalue weighted by Crippen LogP contribution is 2.26. The Morgan fingerprint density at radius 2 is 2.18 bits per heavy atom. The molecule has 4 atom stereocenters.